The van der Waals surface area contributed by atoms with E-state index in [2.05, 4.69) is 48.0 Å². The molecule has 0 spiro atoms. The van der Waals surface area contributed by atoms with E-state index in [1.54, 1.807) is 45.5 Å². The van der Waals surface area contributed by atoms with E-state index in [0.717, 1.165) is 15.8 Å². The Hall–Kier alpha value is -1.98. The van der Waals surface area contributed by atoms with Crippen LogP contribution in [0.4, 0.5) is 0 Å². The molecular formula is C15H15BrN6O2S2. The molecule has 11 heteroatoms. The van der Waals surface area contributed by atoms with Gasteiger partial charge in [0.05, 0.1) is 19.2 Å². The molecule has 0 N–H and O–H groups in total. The van der Waals surface area contributed by atoms with Gasteiger partial charge >= 0.3 is 5.97 Å². The van der Waals surface area contributed by atoms with Gasteiger partial charge in [-0.3, -0.25) is 4.68 Å². The van der Waals surface area contributed by atoms with Crippen molar-refractivity contribution < 1.29 is 9.53 Å². The van der Waals surface area contributed by atoms with Crippen LogP contribution >= 0.6 is 39.0 Å². The minimum absolute atomic E-state index is 0.266. The molecule has 0 amide bonds. The Balaban J connectivity index is 1.65. The van der Waals surface area contributed by atoms with Crippen LogP contribution in [0, 0.1) is 0 Å². The molecule has 0 saturated heterocycles. The maximum atomic E-state index is 11.4. The number of carbonyl (C=O) groups is 1. The van der Waals surface area contributed by atoms with Crippen molar-refractivity contribution in [3.63, 3.8) is 0 Å². The average molecular weight is 455 g/mol. The van der Waals surface area contributed by atoms with Gasteiger partial charge in [0.15, 0.2) is 5.69 Å². The summed E-state index contributed by atoms with van der Waals surface area (Å²) in [5.74, 6) is 0.00510. The normalized spacial score (nSPS) is 11.3. The Morgan fingerprint density at radius 1 is 1.54 bits per heavy atom. The molecule has 3 rings (SSSR count). The number of methoxy groups -OCH3 is 1. The lowest BCUT2D eigenvalue weighted by Crippen LogP contribution is -2.04. The van der Waals surface area contributed by atoms with Gasteiger partial charge in [0.2, 0.25) is 5.16 Å². The van der Waals surface area contributed by atoms with E-state index in [9.17, 15) is 4.79 Å². The molecule has 0 bridgehead atoms. The first-order valence-corrected chi connectivity index (χ1v) is 10.2. The summed E-state index contributed by atoms with van der Waals surface area (Å²) in [4.78, 5) is 13.8. The van der Waals surface area contributed by atoms with Crippen LogP contribution in [0.25, 0.3) is 0 Å². The van der Waals surface area contributed by atoms with Gasteiger partial charge in [0, 0.05) is 20.4 Å². The standard InChI is InChI=1S/C15H15BrN6O2S2/c1-3-13-11(16)6-10(26-13)7-18-22-8-17-19-15(22)25-9-21-5-4-12(20-21)14(23)24-2/h4-8H,3,9H2,1-2H3/b18-7-. The second kappa shape index (κ2) is 8.60. The van der Waals surface area contributed by atoms with E-state index in [1.807, 2.05) is 6.07 Å². The number of rotatable bonds is 7. The van der Waals surface area contributed by atoms with Crippen LogP contribution in [0.1, 0.15) is 27.2 Å². The second-order valence-corrected chi connectivity index (χ2v) is 7.92. The molecular weight excluding hydrogens is 440 g/mol. The highest BCUT2D eigenvalue weighted by Crippen LogP contribution is 2.27. The summed E-state index contributed by atoms with van der Waals surface area (Å²) in [5, 5.41) is 17.2. The highest BCUT2D eigenvalue weighted by Gasteiger charge is 2.10. The number of esters is 1. The molecule has 0 fully saturated rings. The van der Waals surface area contributed by atoms with Crippen LogP contribution in [0.3, 0.4) is 0 Å². The SMILES string of the molecule is CCc1sc(/C=N\n2cnnc2SCn2ccc(C(=O)OC)n2)cc1Br. The molecule has 0 saturated carbocycles. The van der Waals surface area contributed by atoms with Gasteiger partial charge in [0.25, 0.3) is 0 Å². The number of halogens is 1. The van der Waals surface area contributed by atoms with Crippen LogP contribution in [0.2, 0.25) is 0 Å². The van der Waals surface area contributed by atoms with Crippen molar-refractivity contribution in [1.29, 1.82) is 0 Å². The third-order valence-corrected chi connectivity index (χ3v) is 6.37. The molecule has 0 aliphatic rings. The summed E-state index contributed by atoms with van der Waals surface area (Å²) in [7, 11) is 1.33. The lowest BCUT2D eigenvalue weighted by molar-refractivity contribution is 0.0593. The van der Waals surface area contributed by atoms with Gasteiger partial charge < -0.3 is 4.74 Å². The summed E-state index contributed by atoms with van der Waals surface area (Å²) < 4.78 is 8.98. The van der Waals surface area contributed by atoms with E-state index in [0.29, 0.717) is 11.0 Å². The monoisotopic (exact) mass is 454 g/mol. The Kier molecular flexibility index (Phi) is 6.22. The second-order valence-electron chi connectivity index (χ2n) is 4.98. The molecule has 3 heterocycles. The summed E-state index contributed by atoms with van der Waals surface area (Å²) in [6.45, 7) is 2.12. The van der Waals surface area contributed by atoms with Crippen LogP contribution in [-0.2, 0) is 17.0 Å². The van der Waals surface area contributed by atoms with Crippen LogP contribution in [0.15, 0.2) is 39.4 Å². The number of hydrogen-bond acceptors (Lipinski definition) is 8. The maximum Gasteiger partial charge on any atom is 0.358 e. The quantitative estimate of drug-likeness (QED) is 0.309. The molecule has 0 radical (unpaired) electrons. The molecule has 8 nitrogen and oxygen atoms in total. The van der Waals surface area contributed by atoms with Crippen LogP contribution in [-0.4, -0.2) is 43.9 Å². The van der Waals surface area contributed by atoms with Gasteiger partial charge in [-0.25, -0.2) is 4.79 Å². The lowest BCUT2D eigenvalue weighted by Gasteiger charge is -2.01. The Labute approximate surface area is 166 Å². The minimum Gasteiger partial charge on any atom is -0.464 e. The number of aromatic nitrogens is 5. The van der Waals surface area contributed by atoms with Gasteiger partial charge in [-0.2, -0.15) is 14.9 Å². The Morgan fingerprint density at radius 3 is 3.12 bits per heavy atom. The van der Waals surface area contributed by atoms with E-state index < -0.39 is 5.97 Å². The van der Waals surface area contributed by atoms with Crippen molar-refractivity contribution in [3.05, 3.63) is 44.6 Å². The molecule has 136 valence electrons. The Bertz CT molecular complexity index is 932. The number of carbonyl (C=O) groups excluding carboxylic acids is 1. The summed E-state index contributed by atoms with van der Waals surface area (Å²) in [6.07, 6.45) is 6.01. The molecule has 0 atom stereocenters. The van der Waals surface area contributed by atoms with Crippen molar-refractivity contribution in [1.82, 2.24) is 24.7 Å². The summed E-state index contributed by atoms with van der Waals surface area (Å²) in [6, 6.07) is 3.65. The molecule has 0 unspecified atom stereocenters. The fourth-order valence-corrected chi connectivity index (χ4v) is 4.52. The predicted octanol–water partition coefficient (Wildman–Crippen LogP) is 3.28. The van der Waals surface area contributed by atoms with Crippen molar-refractivity contribution in [2.24, 2.45) is 5.10 Å². The zero-order chi connectivity index (χ0) is 18.5. The number of ether oxygens (including phenoxy) is 1. The number of aryl methyl sites for hydroxylation is 1. The van der Waals surface area contributed by atoms with Gasteiger partial charge in [-0.05, 0) is 34.5 Å². The van der Waals surface area contributed by atoms with Crippen LogP contribution in [0.5, 0.6) is 0 Å². The smallest absolute Gasteiger partial charge is 0.358 e. The predicted molar refractivity (Wildman–Crippen MR) is 104 cm³/mol. The minimum atomic E-state index is -0.463. The number of nitrogens with zero attached hydrogens (tertiary/aromatic N) is 6. The first-order valence-electron chi connectivity index (χ1n) is 7.58. The third-order valence-electron chi connectivity index (χ3n) is 3.27. The average Bonchev–Trinajstić information content (AvgIpc) is 3.37. The zero-order valence-electron chi connectivity index (χ0n) is 14.0. The van der Waals surface area contributed by atoms with E-state index in [-0.39, 0.29) is 5.69 Å². The molecule has 0 aliphatic heterocycles. The molecule has 3 aromatic rings. The molecule has 3 aromatic heterocycles. The summed E-state index contributed by atoms with van der Waals surface area (Å²) in [5.41, 5.74) is 0.266. The highest BCUT2D eigenvalue weighted by atomic mass is 79.9. The van der Waals surface area contributed by atoms with Crippen molar-refractivity contribution in [2.75, 3.05) is 7.11 Å². The van der Waals surface area contributed by atoms with Gasteiger partial charge in [-0.1, -0.05) is 18.7 Å². The fourth-order valence-electron chi connectivity index (χ4n) is 2.01. The number of thiophene rings is 1. The lowest BCUT2D eigenvalue weighted by atomic mass is 10.4. The first-order chi connectivity index (χ1) is 12.6. The Morgan fingerprint density at radius 2 is 2.38 bits per heavy atom. The van der Waals surface area contributed by atoms with E-state index in [1.165, 1.54) is 23.7 Å². The van der Waals surface area contributed by atoms with Gasteiger partial charge in [-0.15, -0.1) is 21.5 Å². The van der Waals surface area contributed by atoms with E-state index in [4.69, 9.17) is 0 Å². The maximum absolute atomic E-state index is 11.4. The zero-order valence-corrected chi connectivity index (χ0v) is 17.2. The highest BCUT2D eigenvalue weighted by molar-refractivity contribution is 9.10. The largest absolute Gasteiger partial charge is 0.464 e. The fraction of sp³-hybridized carbons (Fsp3) is 0.267. The van der Waals surface area contributed by atoms with Crippen molar-refractivity contribution in [3.8, 4) is 0 Å². The number of hydrogen-bond donors (Lipinski definition) is 0. The molecule has 0 aromatic carbocycles. The molecule has 0 aliphatic carbocycles. The summed E-state index contributed by atoms with van der Waals surface area (Å²) >= 11 is 6.64. The van der Waals surface area contributed by atoms with Crippen molar-refractivity contribution in [2.45, 2.75) is 24.4 Å². The van der Waals surface area contributed by atoms with E-state index >= 15 is 0 Å². The van der Waals surface area contributed by atoms with Gasteiger partial charge in [0.1, 0.15) is 6.33 Å². The topological polar surface area (TPSA) is 87.2 Å². The van der Waals surface area contributed by atoms with Crippen LogP contribution < -0.4 is 0 Å². The number of thioether (sulfide) groups is 1. The van der Waals surface area contributed by atoms with Crippen molar-refractivity contribution >= 4 is 51.2 Å². The molecule has 26 heavy (non-hydrogen) atoms. The third kappa shape index (κ3) is 4.40. The first kappa shape index (κ1) is 18.8.